The first kappa shape index (κ1) is 14.4. The van der Waals surface area contributed by atoms with Gasteiger partial charge in [0.25, 0.3) is 0 Å². The van der Waals surface area contributed by atoms with Gasteiger partial charge in [0, 0.05) is 25.4 Å². The third-order valence-corrected chi connectivity index (χ3v) is 4.50. The van der Waals surface area contributed by atoms with Gasteiger partial charge >= 0.3 is 5.97 Å². The van der Waals surface area contributed by atoms with Crippen LogP contribution in [-0.2, 0) is 9.59 Å². The molecule has 1 aliphatic heterocycles. The van der Waals surface area contributed by atoms with Crippen LogP contribution in [0.5, 0.6) is 0 Å². The molecule has 108 valence electrons. The number of likely N-dealkylation sites (tertiary alicyclic amines) is 1. The highest BCUT2D eigenvalue weighted by Crippen LogP contribution is 2.28. The normalized spacial score (nSPS) is 21.2. The van der Waals surface area contributed by atoms with E-state index in [2.05, 4.69) is 0 Å². The fourth-order valence-electron chi connectivity index (χ4n) is 3.33. The molecule has 1 amide bonds. The number of carboxylic acids is 1. The number of carbonyl (C=O) groups is 2. The van der Waals surface area contributed by atoms with Crippen LogP contribution in [-0.4, -0.2) is 35.0 Å². The second kappa shape index (κ2) is 6.92. The lowest BCUT2D eigenvalue weighted by molar-refractivity contribution is -0.145. The van der Waals surface area contributed by atoms with Crippen LogP contribution in [0.2, 0.25) is 0 Å². The van der Waals surface area contributed by atoms with Crippen molar-refractivity contribution in [3.8, 4) is 0 Å². The van der Waals surface area contributed by atoms with Crippen LogP contribution in [0.3, 0.4) is 0 Å². The maximum absolute atomic E-state index is 11.9. The van der Waals surface area contributed by atoms with Crippen molar-refractivity contribution in [1.29, 1.82) is 0 Å². The van der Waals surface area contributed by atoms with E-state index in [4.69, 9.17) is 5.11 Å². The summed E-state index contributed by atoms with van der Waals surface area (Å²) in [5.41, 5.74) is 0. The molecule has 0 aromatic carbocycles. The molecule has 1 saturated heterocycles. The first-order valence-electron chi connectivity index (χ1n) is 7.64. The van der Waals surface area contributed by atoms with Crippen LogP contribution >= 0.6 is 0 Å². The Morgan fingerprint density at radius 1 is 1.05 bits per heavy atom. The second-order valence-corrected chi connectivity index (χ2v) is 6.16. The molecule has 2 fully saturated rings. The van der Waals surface area contributed by atoms with Gasteiger partial charge in [-0.2, -0.15) is 0 Å². The first-order valence-corrected chi connectivity index (χ1v) is 7.64. The molecule has 0 aromatic rings. The third-order valence-electron chi connectivity index (χ3n) is 4.50. The summed E-state index contributed by atoms with van der Waals surface area (Å²) in [6.45, 7) is 1.29. The summed E-state index contributed by atoms with van der Waals surface area (Å²) >= 11 is 0. The Hall–Kier alpha value is -1.06. The minimum Gasteiger partial charge on any atom is -0.481 e. The monoisotopic (exact) mass is 267 g/mol. The average Bonchev–Trinajstić information content (AvgIpc) is 2.34. The second-order valence-electron chi connectivity index (χ2n) is 6.16. The van der Waals surface area contributed by atoms with Gasteiger partial charge in [0.2, 0.25) is 5.91 Å². The van der Waals surface area contributed by atoms with Gasteiger partial charge in [0.1, 0.15) is 0 Å². The number of amides is 1. The molecule has 4 heteroatoms. The minimum absolute atomic E-state index is 0.180. The Morgan fingerprint density at radius 3 is 2.37 bits per heavy atom. The van der Waals surface area contributed by atoms with Crippen LogP contribution in [0.4, 0.5) is 0 Å². The van der Waals surface area contributed by atoms with E-state index in [0.29, 0.717) is 19.5 Å². The molecular weight excluding hydrogens is 242 g/mol. The number of carbonyl (C=O) groups excluding carboxylic acids is 1. The van der Waals surface area contributed by atoms with Crippen LogP contribution in [0.25, 0.3) is 0 Å². The van der Waals surface area contributed by atoms with Crippen molar-refractivity contribution in [2.45, 2.75) is 57.8 Å². The highest BCUT2D eigenvalue weighted by atomic mass is 16.4. The van der Waals surface area contributed by atoms with E-state index in [0.717, 1.165) is 12.3 Å². The van der Waals surface area contributed by atoms with E-state index in [-0.39, 0.29) is 18.2 Å². The molecule has 2 aliphatic rings. The highest BCUT2D eigenvalue weighted by molar-refractivity contribution is 5.77. The van der Waals surface area contributed by atoms with Gasteiger partial charge in [0.15, 0.2) is 0 Å². The first-order chi connectivity index (χ1) is 9.15. The average molecular weight is 267 g/mol. The molecule has 4 nitrogen and oxygen atoms in total. The van der Waals surface area contributed by atoms with Crippen LogP contribution in [0, 0.1) is 11.8 Å². The van der Waals surface area contributed by atoms with Gasteiger partial charge in [-0.15, -0.1) is 0 Å². The van der Waals surface area contributed by atoms with Gasteiger partial charge in [-0.05, 0) is 18.8 Å². The van der Waals surface area contributed by atoms with Gasteiger partial charge in [-0.25, -0.2) is 0 Å². The summed E-state index contributed by atoms with van der Waals surface area (Å²) in [6, 6.07) is 0. The predicted molar refractivity (Wildman–Crippen MR) is 72.7 cm³/mol. The molecule has 0 radical (unpaired) electrons. The SMILES string of the molecule is O=C(O)CC1CN(C(=O)CCCC2CCCCC2)C1. The third kappa shape index (κ3) is 4.51. The lowest BCUT2D eigenvalue weighted by Gasteiger charge is -2.38. The van der Waals surface area contributed by atoms with Crippen LogP contribution < -0.4 is 0 Å². The molecule has 2 rings (SSSR count). The molecule has 1 heterocycles. The van der Waals surface area contributed by atoms with Crippen molar-refractivity contribution in [2.75, 3.05) is 13.1 Å². The quantitative estimate of drug-likeness (QED) is 0.805. The number of nitrogens with zero attached hydrogens (tertiary/aromatic N) is 1. The lowest BCUT2D eigenvalue weighted by Crippen LogP contribution is -2.50. The predicted octanol–water partition coefficient (Wildman–Crippen LogP) is 2.67. The molecule has 19 heavy (non-hydrogen) atoms. The zero-order valence-electron chi connectivity index (χ0n) is 11.6. The summed E-state index contributed by atoms with van der Waals surface area (Å²) in [5.74, 6) is 0.490. The van der Waals surface area contributed by atoms with Crippen LogP contribution in [0.15, 0.2) is 0 Å². The fraction of sp³-hybridized carbons (Fsp3) is 0.867. The fourth-order valence-corrected chi connectivity index (χ4v) is 3.33. The Labute approximate surface area is 115 Å². The van der Waals surface area contributed by atoms with E-state index in [9.17, 15) is 9.59 Å². The molecule has 0 spiro atoms. The number of rotatable bonds is 6. The molecule has 0 bridgehead atoms. The number of hydrogen-bond donors (Lipinski definition) is 1. The summed E-state index contributed by atoms with van der Waals surface area (Å²) in [7, 11) is 0. The van der Waals surface area contributed by atoms with Crippen molar-refractivity contribution >= 4 is 11.9 Å². The maximum Gasteiger partial charge on any atom is 0.303 e. The summed E-state index contributed by atoms with van der Waals surface area (Å²) in [5, 5.41) is 8.66. The number of aliphatic carboxylic acids is 1. The molecule has 0 atom stereocenters. The summed E-state index contributed by atoms with van der Waals surface area (Å²) in [6.07, 6.45) is 9.85. The highest BCUT2D eigenvalue weighted by Gasteiger charge is 2.31. The van der Waals surface area contributed by atoms with E-state index < -0.39 is 5.97 Å². The Morgan fingerprint density at radius 2 is 1.74 bits per heavy atom. The Balaban J connectivity index is 1.54. The van der Waals surface area contributed by atoms with Crippen molar-refractivity contribution < 1.29 is 14.7 Å². The Bertz CT molecular complexity index is 317. The van der Waals surface area contributed by atoms with Crippen molar-refractivity contribution in [3.63, 3.8) is 0 Å². The molecular formula is C15H25NO3. The minimum atomic E-state index is -0.755. The smallest absolute Gasteiger partial charge is 0.303 e. The number of hydrogen-bond acceptors (Lipinski definition) is 2. The van der Waals surface area contributed by atoms with Gasteiger partial charge in [-0.3, -0.25) is 9.59 Å². The molecule has 0 aromatic heterocycles. The Kier molecular flexibility index (Phi) is 5.23. The van der Waals surface area contributed by atoms with Crippen molar-refractivity contribution in [1.82, 2.24) is 4.90 Å². The van der Waals surface area contributed by atoms with E-state index in [1.165, 1.54) is 38.5 Å². The molecule has 1 saturated carbocycles. The molecule has 0 unspecified atom stereocenters. The van der Waals surface area contributed by atoms with Crippen LogP contribution in [0.1, 0.15) is 57.8 Å². The topological polar surface area (TPSA) is 57.6 Å². The standard InChI is InChI=1S/C15H25NO3/c17-14(16-10-13(11-16)9-15(18)19)8-4-7-12-5-2-1-3-6-12/h12-13H,1-11H2,(H,18,19). The van der Waals surface area contributed by atoms with Gasteiger partial charge < -0.3 is 10.0 Å². The van der Waals surface area contributed by atoms with Crippen molar-refractivity contribution in [2.24, 2.45) is 11.8 Å². The number of carboxylic acid groups (broad SMARTS) is 1. The van der Waals surface area contributed by atoms with E-state index in [1.54, 1.807) is 0 Å². The zero-order valence-corrected chi connectivity index (χ0v) is 11.6. The van der Waals surface area contributed by atoms with Gasteiger partial charge in [0.05, 0.1) is 6.42 Å². The zero-order chi connectivity index (χ0) is 13.7. The molecule has 1 N–H and O–H groups in total. The van der Waals surface area contributed by atoms with Crippen molar-refractivity contribution in [3.05, 3.63) is 0 Å². The van der Waals surface area contributed by atoms with Gasteiger partial charge in [-0.1, -0.05) is 32.1 Å². The summed E-state index contributed by atoms with van der Waals surface area (Å²) in [4.78, 5) is 24.2. The largest absolute Gasteiger partial charge is 0.481 e. The maximum atomic E-state index is 11.9. The van der Waals surface area contributed by atoms with E-state index in [1.807, 2.05) is 4.90 Å². The van der Waals surface area contributed by atoms with E-state index >= 15 is 0 Å². The lowest BCUT2D eigenvalue weighted by atomic mass is 9.85. The summed E-state index contributed by atoms with van der Waals surface area (Å²) < 4.78 is 0. The molecule has 1 aliphatic carbocycles.